The van der Waals surface area contributed by atoms with E-state index in [4.69, 9.17) is 5.73 Å². The molecule has 2 rings (SSSR count). The Morgan fingerprint density at radius 3 is 2.55 bits per heavy atom. The van der Waals surface area contributed by atoms with Crippen molar-refractivity contribution in [2.45, 2.75) is 32.1 Å². The molecule has 0 unspecified atom stereocenters. The molecule has 1 aromatic carbocycles. The van der Waals surface area contributed by atoms with Gasteiger partial charge in [0, 0.05) is 26.6 Å². The maximum Gasteiger partial charge on any atom is 0.227 e. The smallest absolute Gasteiger partial charge is 0.227 e. The summed E-state index contributed by atoms with van der Waals surface area (Å²) in [6.45, 7) is 2.44. The second-order valence-electron chi connectivity index (χ2n) is 5.41. The van der Waals surface area contributed by atoms with Gasteiger partial charge in [0.15, 0.2) is 0 Å². The highest BCUT2D eigenvalue weighted by Crippen LogP contribution is 2.32. The average Bonchev–Trinajstić information content (AvgIpc) is 2.47. The zero-order chi connectivity index (χ0) is 14.4. The van der Waals surface area contributed by atoms with Gasteiger partial charge >= 0.3 is 0 Å². The molecule has 4 heteroatoms. The van der Waals surface area contributed by atoms with E-state index in [1.54, 1.807) is 0 Å². The molecule has 0 radical (unpaired) electrons. The fourth-order valence-corrected chi connectivity index (χ4v) is 2.67. The van der Waals surface area contributed by atoms with E-state index in [-0.39, 0.29) is 5.91 Å². The molecule has 0 aliphatic carbocycles. The summed E-state index contributed by atoms with van der Waals surface area (Å²) in [5.41, 5.74) is 7.67. The Morgan fingerprint density at radius 2 is 1.80 bits per heavy atom. The Kier molecular flexibility index (Phi) is 5.41. The number of nitrogens with zero attached hydrogens (tertiary/aromatic N) is 2. The molecule has 0 fully saturated rings. The molecular formula is C16H25N3O. The first kappa shape index (κ1) is 14.9. The van der Waals surface area contributed by atoms with E-state index in [1.807, 2.05) is 23.1 Å². The third kappa shape index (κ3) is 3.51. The molecule has 20 heavy (non-hydrogen) atoms. The van der Waals surface area contributed by atoms with Gasteiger partial charge in [0.2, 0.25) is 5.91 Å². The van der Waals surface area contributed by atoms with E-state index < -0.39 is 0 Å². The van der Waals surface area contributed by atoms with Crippen LogP contribution in [0.2, 0.25) is 0 Å². The Hall–Kier alpha value is -1.55. The van der Waals surface area contributed by atoms with Crippen molar-refractivity contribution < 1.29 is 4.79 Å². The highest BCUT2D eigenvalue weighted by Gasteiger charge is 2.23. The first-order chi connectivity index (χ1) is 9.74. The standard InChI is InChI=1S/C16H25N3O/c1-18-12-13-19(15-9-6-5-8-14(15)18)16(20)10-4-2-3-7-11-17/h5-6,8-9H,2-4,7,10-13,17H2,1H3. The number of rotatable bonds is 6. The molecule has 1 aliphatic heterocycles. The summed E-state index contributed by atoms with van der Waals surface area (Å²) < 4.78 is 0. The molecule has 1 aromatic rings. The molecule has 110 valence electrons. The molecule has 1 heterocycles. The zero-order valence-electron chi connectivity index (χ0n) is 12.3. The van der Waals surface area contributed by atoms with Crippen LogP contribution in [0.25, 0.3) is 0 Å². The molecule has 0 saturated heterocycles. The van der Waals surface area contributed by atoms with E-state index in [1.165, 1.54) is 0 Å². The largest absolute Gasteiger partial charge is 0.371 e. The van der Waals surface area contributed by atoms with Crippen LogP contribution in [-0.2, 0) is 4.79 Å². The van der Waals surface area contributed by atoms with Gasteiger partial charge in [0.25, 0.3) is 0 Å². The molecule has 2 N–H and O–H groups in total. The van der Waals surface area contributed by atoms with Crippen LogP contribution in [0, 0.1) is 0 Å². The van der Waals surface area contributed by atoms with Gasteiger partial charge in [0.05, 0.1) is 11.4 Å². The van der Waals surface area contributed by atoms with Crippen LogP contribution in [0.5, 0.6) is 0 Å². The topological polar surface area (TPSA) is 49.6 Å². The molecule has 0 bridgehead atoms. The van der Waals surface area contributed by atoms with Crippen molar-refractivity contribution in [2.24, 2.45) is 5.73 Å². The summed E-state index contributed by atoms with van der Waals surface area (Å²) in [5.74, 6) is 0.248. The van der Waals surface area contributed by atoms with Crippen molar-refractivity contribution in [3.8, 4) is 0 Å². The number of benzene rings is 1. The van der Waals surface area contributed by atoms with Crippen molar-refractivity contribution in [1.29, 1.82) is 0 Å². The van der Waals surface area contributed by atoms with Crippen molar-refractivity contribution in [2.75, 3.05) is 36.5 Å². The summed E-state index contributed by atoms with van der Waals surface area (Å²) in [4.78, 5) is 16.5. The summed E-state index contributed by atoms with van der Waals surface area (Å²) in [5, 5.41) is 0. The number of para-hydroxylation sites is 2. The van der Waals surface area contributed by atoms with Crippen LogP contribution in [0.3, 0.4) is 0 Å². The molecule has 1 amide bonds. The van der Waals surface area contributed by atoms with E-state index in [0.717, 1.165) is 56.7 Å². The lowest BCUT2D eigenvalue weighted by molar-refractivity contribution is -0.118. The predicted octanol–water partition coefficient (Wildman–Crippen LogP) is 2.38. The third-order valence-corrected chi connectivity index (χ3v) is 3.89. The van der Waals surface area contributed by atoms with Crippen LogP contribution in [0.4, 0.5) is 11.4 Å². The van der Waals surface area contributed by atoms with Gasteiger partial charge in [-0.25, -0.2) is 0 Å². The summed E-state index contributed by atoms with van der Waals surface area (Å²) in [6.07, 6.45) is 4.89. The Morgan fingerprint density at radius 1 is 1.10 bits per heavy atom. The monoisotopic (exact) mass is 275 g/mol. The lowest BCUT2D eigenvalue weighted by atomic mass is 10.1. The number of fused-ring (bicyclic) bond motifs is 1. The summed E-state index contributed by atoms with van der Waals surface area (Å²) in [6, 6.07) is 8.14. The Labute approximate surface area is 121 Å². The minimum Gasteiger partial charge on any atom is -0.371 e. The minimum absolute atomic E-state index is 0.248. The van der Waals surface area contributed by atoms with Gasteiger partial charge in [-0.15, -0.1) is 0 Å². The minimum atomic E-state index is 0.248. The van der Waals surface area contributed by atoms with Gasteiger partial charge in [-0.3, -0.25) is 4.79 Å². The fourth-order valence-electron chi connectivity index (χ4n) is 2.67. The number of unbranched alkanes of at least 4 members (excludes halogenated alkanes) is 3. The molecule has 4 nitrogen and oxygen atoms in total. The number of hydrogen-bond donors (Lipinski definition) is 1. The van der Waals surface area contributed by atoms with E-state index in [9.17, 15) is 4.79 Å². The van der Waals surface area contributed by atoms with Gasteiger partial charge in [0.1, 0.15) is 0 Å². The average molecular weight is 275 g/mol. The van der Waals surface area contributed by atoms with Crippen LogP contribution in [0.1, 0.15) is 32.1 Å². The summed E-state index contributed by atoms with van der Waals surface area (Å²) >= 11 is 0. The van der Waals surface area contributed by atoms with Crippen LogP contribution in [-0.4, -0.2) is 32.6 Å². The number of amides is 1. The molecule has 0 spiro atoms. The molecule has 1 aliphatic rings. The Balaban J connectivity index is 1.92. The highest BCUT2D eigenvalue weighted by atomic mass is 16.2. The predicted molar refractivity (Wildman–Crippen MR) is 84.2 cm³/mol. The van der Waals surface area contributed by atoms with Crippen molar-refractivity contribution >= 4 is 17.3 Å². The number of carbonyl (C=O) groups is 1. The number of anilines is 2. The number of carbonyl (C=O) groups excluding carboxylic acids is 1. The number of nitrogens with two attached hydrogens (primary N) is 1. The zero-order valence-corrected chi connectivity index (χ0v) is 12.3. The second-order valence-corrected chi connectivity index (χ2v) is 5.41. The highest BCUT2D eigenvalue weighted by molar-refractivity contribution is 5.97. The summed E-state index contributed by atoms with van der Waals surface area (Å²) in [7, 11) is 2.08. The first-order valence-corrected chi connectivity index (χ1v) is 7.54. The first-order valence-electron chi connectivity index (χ1n) is 7.54. The maximum atomic E-state index is 12.4. The lowest BCUT2D eigenvalue weighted by Gasteiger charge is -2.35. The molecule has 0 saturated carbocycles. The van der Waals surface area contributed by atoms with Crippen LogP contribution >= 0.6 is 0 Å². The van der Waals surface area contributed by atoms with Gasteiger partial charge in [-0.05, 0) is 31.5 Å². The van der Waals surface area contributed by atoms with Crippen molar-refractivity contribution in [1.82, 2.24) is 0 Å². The Bertz CT molecular complexity index is 447. The van der Waals surface area contributed by atoms with E-state index in [2.05, 4.69) is 18.0 Å². The number of hydrogen-bond acceptors (Lipinski definition) is 3. The molecular weight excluding hydrogens is 250 g/mol. The number of likely N-dealkylation sites (N-methyl/N-ethyl adjacent to an activating group) is 1. The quantitative estimate of drug-likeness (QED) is 0.811. The maximum absolute atomic E-state index is 12.4. The van der Waals surface area contributed by atoms with Crippen molar-refractivity contribution in [3.05, 3.63) is 24.3 Å². The van der Waals surface area contributed by atoms with E-state index >= 15 is 0 Å². The van der Waals surface area contributed by atoms with Crippen LogP contribution in [0.15, 0.2) is 24.3 Å². The molecule has 0 aromatic heterocycles. The SMILES string of the molecule is CN1CCN(C(=O)CCCCCCN)c2ccccc21. The third-order valence-electron chi connectivity index (χ3n) is 3.89. The second kappa shape index (κ2) is 7.29. The van der Waals surface area contributed by atoms with Gasteiger partial charge < -0.3 is 15.5 Å². The van der Waals surface area contributed by atoms with Crippen molar-refractivity contribution in [3.63, 3.8) is 0 Å². The normalized spacial score (nSPS) is 14.3. The lowest BCUT2D eigenvalue weighted by Crippen LogP contribution is -2.42. The van der Waals surface area contributed by atoms with Gasteiger partial charge in [-0.1, -0.05) is 25.0 Å². The van der Waals surface area contributed by atoms with Gasteiger partial charge in [-0.2, -0.15) is 0 Å². The molecule has 0 atom stereocenters. The fraction of sp³-hybridized carbons (Fsp3) is 0.562. The van der Waals surface area contributed by atoms with Crippen LogP contribution < -0.4 is 15.5 Å². The van der Waals surface area contributed by atoms with E-state index in [0.29, 0.717) is 6.42 Å².